The number of thiocarbonyl (C=S) groups is 1. The van der Waals surface area contributed by atoms with Gasteiger partial charge in [-0.15, -0.1) is 0 Å². The molecule has 2 nitrogen and oxygen atoms in total. The molecule has 0 aliphatic carbocycles. The van der Waals surface area contributed by atoms with Crippen molar-refractivity contribution in [2.75, 3.05) is 0 Å². The zero-order valence-electron chi connectivity index (χ0n) is 9.93. The predicted octanol–water partition coefficient (Wildman–Crippen LogP) is 3.01. The molecule has 0 fully saturated rings. The van der Waals surface area contributed by atoms with Crippen LogP contribution in [0.4, 0.5) is 0 Å². The van der Waals surface area contributed by atoms with Crippen LogP contribution >= 0.6 is 12.2 Å². The molecule has 16 heavy (non-hydrogen) atoms. The van der Waals surface area contributed by atoms with Crippen LogP contribution in [-0.2, 0) is 4.79 Å². The van der Waals surface area contributed by atoms with Crippen molar-refractivity contribution in [3.05, 3.63) is 35.9 Å². The fraction of sp³-hybridized carbons (Fsp3) is 0.385. The molecule has 0 saturated carbocycles. The summed E-state index contributed by atoms with van der Waals surface area (Å²) in [5.74, 6) is 0.0730. The first-order valence-corrected chi connectivity index (χ1v) is 5.90. The Morgan fingerprint density at radius 2 is 1.88 bits per heavy atom. The lowest BCUT2D eigenvalue weighted by Gasteiger charge is -2.27. The van der Waals surface area contributed by atoms with E-state index in [1.165, 1.54) is 0 Å². The molecule has 0 radical (unpaired) electrons. The van der Waals surface area contributed by atoms with Gasteiger partial charge < -0.3 is 4.90 Å². The first-order valence-electron chi connectivity index (χ1n) is 5.49. The Bertz CT molecular complexity index is 373. The molecule has 1 aromatic carbocycles. The highest BCUT2D eigenvalue weighted by molar-refractivity contribution is 7.80. The maximum atomic E-state index is 11.8. The summed E-state index contributed by atoms with van der Waals surface area (Å²) in [4.78, 5) is 14.1. The van der Waals surface area contributed by atoms with Gasteiger partial charge in [-0.1, -0.05) is 49.5 Å². The zero-order chi connectivity index (χ0) is 12.1. The summed E-state index contributed by atoms with van der Waals surface area (Å²) in [6, 6.07) is 9.75. The molecule has 1 rings (SSSR count). The minimum atomic E-state index is 0.0730. The van der Waals surface area contributed by atoms with E-state index >= 15 is 0 Å². The normalized spacial score (nSPS) is 10.2. The predicted molar refractivity (Wildman–Crippen MR) is 70.4 cm³/mol. The maximum Gasteiger partial charge on any atom is 0.227 e. The van der Waals surface area contributed by atoms with Gasteiger partial charge in [0.05, 0.1) is 0 Å². The minimum absolute atomic E-state index is 0.0730. The van der Waals surface area contributed by atoms with Gasteiger partial charge in [0.1, 0.15) is 4.99 Å². The maximum absolute atomic E-state index is 11.8. The van der Waals surface area contributed by atoms with Crippen LogP contribution in [0, 0.1) is 0 Å². The third-order valence-electron chi connectivity index (χ3n) is 2.33. The molecule has 0 aliphatic heterocycles. The molecule has 0 N–H and O–H groups in total. The number of carbonyl (C=O) groups is 1. The van der Waals surface area contributed by atoms with Gasteiger partial charge in [0.2, 0.25) is 5.91 Å². The second-order valence-electron chi connectivity index (χ2n) is 3.88. The average Bonchev–Trinajstić information content (AvgIpc) is 2.29. The van der Waals surface area contributed by atoms with E-state index in [1.807, 2.05) is 51.1 Å². The fourth-order valence-corrected chi connectivity index (χ4v) is 1.97. The van der Waals surface area contributed by atoms with Gasteiger partial charge in [0, 0.05) is 18.0 Å². The third-order valence-corrected chi connectivity index (χ3v) is 2.76. The highest BCUT2D eigenvalue weighted by Crippen LogP contribution is 2.11. The highest BCUT2D eigenvalue weighted by Gasteiger charge is 2.20. The van der Waals surface area contributed by atoms with Crippen LogP contribution in [0.15, 0.2) is 30.3 Å². The molecule has 0 unspecified atom stereocenters. The van der Waals surface area contributed by atoms with Gasteiger partial charge in [-0.3, -0.25) is 4.79 Å². The molecular weight excluding hydrogens is 218 g/mol. The molecule has 1 amide bonds. The van der Waals surface area contributed by atoms with E-state index < -0.39 is 0 Å². The van der Waals surface area contributed by atoms with Gasteiger partial charge in [0.15, 0.2) is 0 Å². The lowest BCUT2D eigenvalue weighted by molar-refractivity contribution is -0.128. The van der Waals surface area contributed by atoms with Crippen molar-refractivity contribution in [1.29, 1.82) is 0 Å². The van der Waals surface area contributed by atoms with Crippen LogP contribution in [0.3, 0.4) is 0 Å². The number of nitrogens with zero attached hydrogens (tertiary/aromatic N) is 1. The highest BCUT2D eigenvalue weighted by atomic mass is 32.1. The summed E-state index contributed by atoms with van der Waals surface area (Å²) in [6.07, 6.45) is 0.477. The van der Waals surface area contributed by atoms with Crippen LogP contribution < -0.4 is 0 Å². The van der Waals surface area contributed by atoms with Crippen molar-refractivity contribution in [3.8, 4) is 0 Å². The summed E-state index contributed by atoms with van der Waals surface area (Å²) in [7, 11) is 0. The van der Waals surface area contributed by atoms with E-state index in [2.05, 4.69) is 0 Å². The van der Waals surface area contributed by atoms with Crippen LogP contribution in [0.25, 0.3) is 0 Å². The second kappa shape index (κ2) is 5.75. The molecular formula is C13H17NOS. The Morgan fingerprint density at radius 1 is 1.31 bits per heavy atom. The largest absolute Gasteiger partial charge is 0.300 e. The Morgan fingerprint density at radius 3 is 2.31 bits per heavy atom. The van der Waals surface area contributed by atoms with Crippen molar-refractivity contribution in [2.24, 2.45) is 0 Å². The third kappa shape index (κ3) is 2.89. The van der Waals surface area contributed by atoms with E-state index in [-0.39, 0.29) is 11.9 Å². The first-order chi connectivity index (χ1) is 7.57. The SMILES string of the molecule is CCC(=O)N(C(=S)c1ccccc1)C(C)C. The van der Waals surface area contributed by atoms with Crippen molar-refractivity contribution in [2.45, 2.75) is 33.2 Å². The van der Waals surface area contributed by atoms with Crippen LogP contribution in [0.1, 0.15) is 32.8 Å². The molecule has 0 atom stereocenters. The number of hydrogen-bond donors (Lipinski definition) is 0. The smallest absolute Gasteiger partial charge is 0.227 e. The lowest BCUT2D eigenvalue weighted by atomic mass is 10.2. The lowest BCUT2D eigenvalue weighted by Crippen LogP contribution is -2.41. The van der Waals surface area contributed by atoms with Crippen LogP contribution in [0.2, 0.25) is 0 Å². The number of amides is 1. The first kappa shape index (κ1) is 12.8. The summed E-state index contributed by atoms with van der Waals surface area (Å²) < 4.78 is 0. The topological polar surface area (TPSA) is 20.3 Å². The Kier molecular flexibility index (Phi) is 4.62. The minimum Gasteiger partial charge on any atom is -0.300 e. The van der Waals surface area contributed by atoms with Crippen LogP contribution in [0.5, 0.6) is 0 Å². The Balaban J connectivity index is 2.97. The van der Waals surface area contributed by atoms with E-state index in [0.717, 1.165) is 5.56 Å². The van der Waals surface area contributed by atoms with E-state index in [9.17, 15) is 4.79 Å². The average molecular weight is 235 g/mol. The van der Waals surface area contributed by atoms with Gasteiger partial charge in [0.25, 0.3) is 0 Å². The second-order valence-corrected chi connectivity index (χ2v) is 4.27. The summed E-state index contributed by atoms with van der Waals surface area (Å²) >= 11 is 5.37. The van der Waals surface area contributed by atoms with E-state index in [0.29, 0.717) is 11.4 Å². The van der Waals surface area contributed by atoms with Gasteiger partial charge in [-0.25, -0.2) is 0 Å². The molecule has 0 aliphatic rings. The molecule has 0 saturated heterocycles. The van der Waals surface area contributed by atoms with E-state index in [1.54, 1.807) is 4.90 Å². The molecule has 3 heteroatoms. The monoisotopic (exact) mass is 235 g/mol. The summed E-state index contributed by atoms with van der Waals surface area (Å²) in [6.45, 7) is 5.80. The molecule has 0 bridgehead atoms. The van der Waals surface area contributed by atoms with Crippen molar-refractivity contribution in [3.63, 3.8) is 0 Å². The Hall–Kier alpha value is -1.22. The Labute approximate surface area is 102 Å². The van der Waals surface area contributed by atoms with Crippen molar-refractivity contribution >= 4 is 23.1 Å². The number of hydrogen-bond acceptors (Lipinski definition) is 2. The molecule has 0 heterocycles. The van der Waals surface area contributed by atoms with Crippen LogP contribution in [-0.4, -0.2) is 21.8 Å². The number of benzene rings is 1. The number of carbonyl (C=O) groups excluding carboxylic acids is 1. The van der Waals surface area contributed by atoms with Gasteiger partial charge in [-0.05, 0) is 13.8 Å². The molecule has 0 spiro atoms. The molecule has 1 aromatic rings. The van der Waals surface area contributed by atoms with Crippen molar-refractivity contribution in [1.82, 2.24) is 4.90 Å². The molecule has 0 aromatic heterocycles. The number of rotatable bonds is 3. The van der Waals surface area contributed by atoms with Gasteiger partial charge in [-0.2, -0.15) is 0 Å². The van der Waals surface area contributed by atoms with Crippen molar-refractivity contribution < 1.29 is 4.79 Å². The zero-order valence-corrected chi connectivity index (χ0v) is 10.8. The van der Waals surface area contributed by atoms with Gasteiger partial charge >= 0.3 is 0 Å². The fourth-order valence-electron chi connectivity index (χ4n) is 1.53. The quantitative estimate of drug-likeness (QED) is 0.751. The summed E-state index contributed by atoms with van der Waals surface area (Å²) in [5.41, 5.74) is 0.924. The van der Waals surface area contributed by atoms with E-state index in [4.69, 9.17) is 12.2 Å². The molecule has 86 valence electrons. The summed E-state index contributed by atoms with van der Waals surface area (Å²) in [5, 5.41) is 0. The standard InChI is InChI=1S/C13H17NOS/c1-4-12(15)14(10(2)3)13(16)11-8-6-5-7-9-11/h5-10H,4H2,1-3H3.